The lowest BCUT2D eigenvalue weighted by atomic mass is 9.75. The van der Waals surface area contributed by atoms with Crippen LogP contribution in [0.4, 0.5) is 5.69 Å². The smallest absolute Gasteiger partial charge is 0.200 e. The van der Waals surface area contributed by atoms with Crippen LogP contribution in [0.1, 0.15) is 34.1 Å². The maximum atomic E-state index is 10.4. The van der Waals surface area contributed by atoms with Gasteiger partial charge in [0.2, 0.25) is 5.75 Å². The number of methoxy groups -OCH3 is 2. The van der Waals surface area contributed by atoms with Gasteiger partial charge in [-0.3, -0.25) is 0 Å². The van der Waals surface area contributed by atoms with Gasteiger partial charge in [-0.15, -0.1) is 0 Å². The number of benzene rings is 3. The SMILES string of the molecule is CNc1ccc(C2c3ccc(O)c(C)c3OCC2c2cc(OC)c(O)c(OC)c2)cc1. The molecule has 0 spiro atoms. The van der Waals surface area contributed by atoms with Gasteiger partial charge in [0.05, 0.1) is 20.8 Å². The van der Waals surface area contributed by atoms with E-state index in [0.717, 1.165) is 33.7 Å². The fraction of sp³-hybridized carbons (Fsp3) is 0.280. The van der Waals surface area contributed by atoms with Gasteiger partial charge in [-0.25, -0.2) is 0 Å². The molecule has 1 aliphatic rings. The Morgan fingerprint density at radius 1 is 0.935 bits per heavy atom. The Balaban J connectivity index is 1.89. The quantitative estimate of drug-likeness (QED) is 0.551. The van der Waals surface area contributed by atoms with E-state index in [1.54, 1.807) is 6.07 Å². The van der Waals surface area contributed by atoms with Crippen molar-refractivity contribution in [1.29, 1.82) is 0 Å². The molecule has 0 aliphatic carbocycles. The molecule has 0 aromatic heterocycles. The van der Waals surface area contributed by atoms with Gasteiger partial charge >= 0.3 is 0 Å². The van der Waals surface area contributed by atoms with Crippen LogP contribution in [0.3, 0.4) is 0 Å². The van der Waals surface area contributed by atoms with Crippen LogP contribution in [0.2, 0.25) is 0 Å². The molecule has 0 saturated carbocycles. The fourth-order valence-electron chi connectivity index (χ4n) is 4.31. The van der Waals surface area contributed by atoms with E-state index in [1.807, 2.05) is 44.3 Å². The lowest BCUT2D eigenvalue weighted by molar-refractivity contribution is 0.244. The van der Waals surface area contributed by atoms with Gasteiger partial charge in [-0.1, -0.05) is 18.2 Å². The van der Waals surface area contributed by atoms with Gasteiger partial charge in [0, 0.05) is 35.7 Å². The summed E-state index contributed by atoms with van der Waals surface area (Å²) in [5.74, 6) is 1.54. The van der Waals surface area contributed by atoms with Crippen molar-refractivity contribution in [3.05, 3.63) is 70.8 Å². The zero-order chi connectivity index (χ0) is 22.1. The van der Waals surface area contributed by atoms with Crippen LogP contribution in [0.5, 0.6) is 28.7 Å². The van der Waals surface area contributed by atoms with E-state index < -0.39 is 0 Å². The zero-order valence-electron chi connectivity index (χ0n) is 18.1. The molecule has 0 radical (unpaired) electrons. The van der Waals surface area contributed by atoms with Gasteiger partial charge in [-0.2, -0.15) is 0 Å². The first-order valence-corrected chi connectivity index (χ1v) is 10.2. The van der Waals surface area contributed by atoms with Crippen molar-refractivity contribution in [2.24, 2.45) is 0 Å². The minimum absolute atomic E-state index is 0.0205. The predicted molar refractivity (Wildman–Crippen MR) is 120 cm³/mol. The number of hydrogen-bond donors (Lipinski definition) is 3. The van der Waals surface area contributed by atoms with Crippen LogP contribution in [0.25, 0.3) is 0 Å². The second-order valence-electron chi connectivity index (χ2n) is 7.67. The highest BCUT2D eigenvalue weighted by Gasteiger charge is 2.35. The van der Waals surface area contributed by atoms with E-state index in [-0.39, 0.29) is 23.3 Å². The van der Waals surface area contributed by atoms with Crippen LogP contribution in [-0.4, -0.2) is 38.1 Å². The first-order chi connectivity index (χ1) is 15.0. The highest BCUT2D eigenvalue weighted by molar-refractivity contribution is 5.59. The largest absolute Gasteiger partial charge is 0.508 e. The Morgan fingerprint density at radius 3 is 2.16 bits per heavy atom. The van der Waals surface area contributed by atoms with Crippen molar-refractivity contribution >= 4 is 5.69 Å². The molecule has 6 heteroatoms. The second kappa shape index (κ2) is 8.30. The van der Waals surface area contributed by atoms with E-state index in [4.69, 9.17) is 14.2 Å². The highest BCUT2D eigenvalue weighted by atomic mass is 16.5. The van der Waals surface area contributed by atoms with Crippen molar-refractivity contribution in [3.8, 4) is 28.7 Å². The maximum Gasteiger partial charge on any atom is 0.200 e. The van der Waals surface area contributed by atoms with Crippen LogP contribution in [-0.2, 0) is 0 Å². The lowest BCUT2D eigenvalue weighted by Crippen LogP contribution is -2.26. The number of aromatic hydroxyl groups is 2. The molecule has 2 atom stereocenters. The summed E-state index contributed by atoms with van der Waals surface area (Å²) in [4.78, 5) is 0. The molecule has 3 aromatic rings. The molecule has 0 amide bonds. The number of phenolic OH excluding ortho intramolecular Hbond substituents is 2. The summed E-state index contributed by atoms with van der Waals surface area (Å²) in [6.45, 7) is 2.27. The third-order valence-electron chi connectivity index (χ3n) is 6.04. The van der Waals surface area contributed by atoms with E-state index in [1.165, 1.54) is 14.2 Å². The number of ether oxygens (including phenoxy) is 3. The third-order valence-corrected chi connectivity index (χ3v) is 6.04. The van der Waals surface area contributed by atoms with E-state index in [2.05, 4.69) is 17.4 Å². The van der Waals surface area contributed by atoms with E-state index in [9.17, 15) is 10.2 Å². The van der Waals surface area contributed by atoms with Crippen molar-refractivity contribution < 1.29 is 24.4 Å². The van der Waals surface area contributed by atoms with Crippen molar-refractivity contribution in [2.75, 3.05) is 33.2 Å². The van der Waals surface area contributed by atoms with Crippen molar-refractivity contribution in [3.63, 3.8) is 0 Å². The number of fused-ring (bicyclic) bond motifs is 1. The van der Waals surface area contributed by atoms with Crippen LogP contribution >= 0.6 is 0 Å². The number of anilines is 1. The average molecular weight is 421 g/mol. The Labute approximate surface area is 182 Å². The Morgan fingerprint density at radius 2 is 1.58 bits per heavy atom. The molecule has 2 unspecified atom stereocenters. The molecule has 31 heavy (non-hydrogen) atoms. The zero-order valence-corrected chi connectivity index (χ0v) is 18.1. The topological polar surface area (TPSA) is 80.2 Å². The minimum atomic E-state index is -0.0553. The molecule has 3 N–H and O–H groups in total. The summed E-state index contributed by atoms with van der Waals surface area (Å²) in [6, 6.07) is 15.6. The summed E-state index contributed by atoms with van der Waals surface area (Å²) >= 11 is 0. The number of phenols is 2. The summed E-state index contributed by atoms with van der Waals surface area (Å²) in [6.07, 6.45) is 0. The van der Waals surface area contributed by atoms with Crippen molar-refractivity contribution in [1.82, 2.24) is 0 Å². The maximum absolute atomic E-state index is 10.4. The molecule has 4 rings (SSSR count). The van der Waals surface area contributed by atoms with Gasteiger partial charge in [0.15, 0.2) is 11.5 Å². The first-order valence-electron chi connectivity index (χ1n) is 10.2. The van der Waals surface area contributed by atoms with E-state index >= 15 is 0 Å². The van der Waals surface area contributed by atoms with Gasteiger partial charge in [0.1, 0.15) is 11.5 Å². The second-order valence-corrected chi connectivity index (χ2v) is 7.67. The first kappa shape index (κ1) is 20.7. The molecule has 0 bridgehead atoms. The average Bonchev–Trinajstić information content (AvgIpc) is 2.81. The monoisotopic (exact) mass is 421 g/mol. The molecular weight excluding hydrogens is 394 g/mol. The molecule has 1 heterocycles. The summed E-state index contributed by atoms with van der Waals surface area (Å²) < 4.78 is 16.9. The van der Waals surface area contributed by atoms with E-state index in [0.29, 0.717) is 18.1 Å². The Hall–Kier alpha value is -3.54. The standard InChI is InChI=1S/C25H27NO5/c1-14-20(27)10-9-18-23(15-5-7-17(26-2)8-6-15)19(13-31-25(14)18)16-11-21(29-3)24(28)22(12-16)30-4/h5-12,19,23,26-28H,13H2,1-4H3. The lowest BCUT2D eigenvalue weighted by Gasteiger charge is -2.35. The molecule has 0 saturated heterocycles. The van der Waals surface area contributed by atoms with Crippen molar-refractivity contribution in [2.45, 2.75) is 18.8 Å². The van der Waals surface area contributed by atoms with Gasteiger partial charge in [0.25, 0.3) is 0 Å². The Kier molecular flexibility index (Phi) is 5.55. The number of rotatable bonds is 5. The highest BCUT2D eigenvalue weighted by Crippen LogP contribution is 2.50. The molecular formula is C25H27NO5. The number of hydrogen-bond acceptors (Lipinski definition) is 6. The van der Waals surface area contributed by atoms with Gasteiger partial charge in [-0.05, 0) is 48.4 Å². The Bertz CT molecular complexity index is 1070. The van der Waals surface area contributed by atoms with Crippen LogP contribution in [0.15, 0.2) is 48.5 Å². The summed E-state index contributed by atoms with van der Waals surface area (Å²) in [5.41, 5.74) is 4.83. The fourth-order valence-corrected chi connectivity index (χ4v) is 4.31. The van der Waals surface area contributed by atoms with Crippen LogP contribution < -0.4 is 19.5 Å². The van der Waals surface area contributed by atoms with Crippen LogP contribution in [0, 0.1) is 6.92 Å². The molecule has 1 aliphatic heterocycles. The molecule has 3 aromatic carbocycles. The third kappa shape index (κ3) is 3.58. The molecule has 0 fully saturated rings. The normalized spacial score (nSPS) is 17.4. The summed E-state index contributed by atoms with van der Waals surface area (Å²) in [5, 5.41) is 23.7. The minimum Gasteiger partial charge on any atom is -0.508 e. The molecule has 6 nitrogen and oxygen atoms in total. The summed E-state index contributed by atoms with van der Waals surface area (Å²) in [7, 11) is 4.93. The molecule has 162 valence electrons. The predicted octanol–water partition coefficient (Wildman–Crippen LogP) is 4.77. The number of nitrogens with one attached hydrogen (secondary N) is 1. The van der Waals surface area contributed by atoms with Gasteiger partial charge < -0.3 is 29.7 Å².